The Balaban J connectivity index is 1.92. The van der Waals surface area contributed by atoms with E-state index in [1.165, 1.54) is 67.7 Å². The fraction of sp³-hybridized carbons (Fsp3) is 0.259. The number of aliphatic imine (C=N–C) groups is 1. The zero-order valence-corrected chi connectivity index (χ0v) is 24.4. The molecular formula is C27H26Cl2N2O6S2. The molecule has 0 fully saturated rings. The monoisotopic (exact) mass is 608 g/mol. The molecule has 1 N–H and O–H groups in total. The van der Waals surface area contributed by atoms with Crippen LogP contribution in [0.3, 0.4) is 0 Å². The fourth-order valence-electron chi connectivity index (χ4n) is 4.30. The molecule has 0 bridgehead atoms. The third-order valence-corrected chi connectivity index (χ3v) is 10.1. The number of aromatic nitrogens is 1. The Morgan fingerprint density at radius 1 is 1.00 bits per heavy atom. The van der Waals surface area contributed by atoms with E-state index < -0.39 is 43.0 Å². The van der Waals surface area contributed by atoms with Crippen molar-refractivity contribution in [1.82, 2.24) is 4.98 Å². The van der Waals surface area contributed by atoms with E-state index in [2.05, 4.69) is 9.98 Å². The smallest absolute Gasteiger partial charge is 0.297 e. The highest BCUT2D eigenvalue weighted by atomic mass is 35.5. The summed E-state index contributed by atoms with van der Waals surface area (Å²) < 4.78 is 60.2. The zero-order chi connectivity index (χ0) is 28.6. The molecule has 2 heterocycles. The van der Waals surface area contributed by atoms with Gasteiger partial charge in [0.15, 0.2) is 15.4 Å². The molecule has 1 aliphatic rings. The Hall–Kier alpha value is -2.60. The van der Waals surface area contributed by atoms with Gasteiger partial charge in [-0.3, -0.25) is 9.18 Å². The minimum Gasteiger partial charge on any atom is -0.380 e. The Morgan fingerprint density at radius 3 is 2.26 bits per heavy atom. The Kier molecular flexibility index (Phi) is 8.11. The van der Waals surface area contributed by atoms with Gasteiger partial charge in [-0.1, -0.05) is 53.0 Å². The third-order valence-electron chi connectivity index (χ3n) is 6.43. The van der Waals surface area contributed by atoms with Crippen molar-refractivity contribution in [3.8, 4) is 0 Å². The van der Waals surface area contributed by atoms with Crippen LogP contribution in [0, 0.1) is 13.8 Å². The van der Waals surface area contributed by atoms with Gasteiger partial charge in [0, 0.05) is 11.2 Å². The van der Waals surface area contributed by atoms with Crippen LogP contribution in [-0.2, 0) is 29.7 Å². The van der Waals surface area contributed by atoms with E-state index in [-0.39, 0.29) is 20.6 Å². The van der Waals surface area contributed by atoms with Gasteiger partial charge in [0.25, 0.3) is 10.1 Å². The molecule has 0 saturated heterocycles. The average Bonchev–Trinajstić information content (AvgIpc) is 3.31. The summed E-state index contributed by atoms with van der Waals surface area (Å²) in [6, 6.07) is 14.3. The summed E-state index contributed by atoms with van der Waals surface area (Å²) in [5.41, 5.74) is -2.92. The molecule has 3 atom stereocenters. The molecule has 1 aliphatic heterocycles. The Morgan fingerprint density at radius 2 is 1.67 bits per heavy atom. The average molecular weight is 610 g/mol. The van der Waals surface area contributed by atoms with Gasteiger partial charge < -0.3 is 5.11 Å². The van der Waals surface area contributed by atoms with Gasteiger partial charge in [-0.25, -0.2) is 13.4 Å². The molecular weight excluding hydrogens is 583 g/mol. The number of aryl methyl sites for hydroxylation is 2. The highest BCUT2D eigenvalue weighted by Gasteiger charge is 2.55. The summed E-state index contributed by atoms with van der Waals surface area (Å²) in [5, 5.41) is 12.7. The molecule has 3 aromatic rings. The van der Waals surface area contributed by atoms with Crippen molar-refractivity contribution in [1.29, 1.82) is 0 Å². The van der Waals surface area contributed by atoms with Gasteiger partial charge in [0.2, 0.25) is 0 Å². The lowest BCUT2D eigenvalue weighted by Crippen LogP contribution is -2.57. The second-order valence-corrected chi connectivity index (χ2v) is 13.9. The van der Waals surface area contributed by atoms with Crippen LogP contribution in [0.2, 0.25) is 10.2 Å². The van der Waals surface area contributed by atoms with Crippen molar-refractivity contribution in [2.75, 3.05) is 5.75 Å². The maximum absolute atomic E-state index is 13.7. The lowest BCUT2D eigenvalue weighted by atomic mass is 9.81. The van der Waals surface area contributed by atoms with E-state index in [1.807, 2.05) is 0 Å². The molecule has 0 amide bonds. The largest absolute Gasteiger partial charge is 0.380 e. The number of hydrogen-bond donors (Lipinski definition) is 1. The van der Waals surface area contributed by atoms with Crippen molar-refractivity contribution in [2.24, 2.45) is 4.99 Å². The van der Waals surface area contributed by atoms with Crippen LogP contribution in [0.1, 0.15) is 23.7 Å². The molecule has 0 saturated carbocycles. The number of aliphatic hydroxyl groups is 1. The highest BCUT2D eigenvalue weighted by Crippen LogP contribution is 2.41. The summed E-state index contributed by atoms with van der Waals surface area (Å²) in [7, 11) is -8.81. The van der Waals surface area contributed by atoms with E-state index >= 15 is 0 Å². The molecule has 2 aromatic carbocycles. The standard InChI is InChI=1S/C27H26Cl2N2O6S2/c1-18-8-10-20(11-9-18)39(35,36)37-25(26(3)14-5-15-30-26)27(32,23-6-4-7-24(29)31-23)17-38(33,34)21-12-13-22(28)19(2)16-21/h4-16,25,32H,17H2,1-3H3. The SMILES string of the molecule is Cc1ccc(S(=O)(=O)OC(C2(C)C=CC=N2)C(O)(CS(=O)(=O)c2ccc(Cl)c(C)c2)c2cccc(Cl)n2)cc1. The third kappa shape index (κ3) is 6.11. The van der Waals surface area contributed by atoms with Crippen LogP contribution in [0.15, 0.2) is 87.6 Å². The summed E-state index contributed by atoms with van der Waals surface area (Å²) in [4.78, 5) is 8.22. The van der Waals surface area contributed by atoms with Gasteiger partial charge in [-0.05, 0) is 74.9 Å². The molecule has 4 rings (SSSR count). The normalized spacial score (nSPS) is 19.6. The topological polar surface area (TPSA) is 123 Å². The van der Waals surface area contributed by atoms with E-state index in [4.69, 9.17) is 27.4 Å². The second-order valence-electron chi connectivity index (χ2n) is 9.55. The van der Waals surface area contributed by atoms with Crippen LogP contribution < -0.4 is 0 Å². The van der Waals surface area contributed by atoms with Crippen molar-refractivity contribution < 1.29 is 26.1 Å². The van der Waals surface area contributed by atoms with E-state index in [0.717, 1.165) is 5.56 Å². The Labute approximate surface area is 238 Å². The minimum atomic E-state index is -4.53. The van der Waals surface area contributed by atoms with E-state index in [1.54, 1.807) is 32.1 Å². The van der Waals surface area contributed by atoms with Crippen molar-refractivity contribution in [2.45, 2.75) is 47.8 Å². The van der Waals surface area contributed by atoms with Gasteiger partial charge in [0.1, 0.15) is 16.8 Å². The van der Waals surface area contributed by atoms with Crippen LogP contribution in [0.25, 0.3) is 0 Å². The Bertz CT molecular complexity index is 1660. The van der Waals surface area contributed by atoms with Crippen LogP contribution in [-0.4, -0.2) is 50.5 Å². The molecule has 206 valence electrons. The molecule has 0 spiro atoms. The van der Waals surface area contributed by atoms with Crippen molar-refractivity contribution in [3.05, 3.63) is 99.8 Å². The first-order chi connectivity index (χ1) is 18.2. The van der Waals surface area contributed by atoms with Crippen molar-refractivity contribution >= 4 is 49.4 Å². The predicted molar refractivity (Wildman–Crippen MR) is 151 cm³/mol. The van der Waals surface area contributed by atoms with Gasteiger partial charge in [-0.15, -0.1) is 0 Å². The maximum Gasteiger partial charge on any atom is 0.297 e. The van der Waals surface area contributed by atoms with Gasteiger partial charge in [0.05, 0.1) is 21.2 Å². The highest BCUT2D eigenvalue weighted by molar-refractivity contribution is 7.91. The molecule has 8 nitrogen and oxygen atoms in total. The second kappa shape index (κ2) is 10.8. The maximum atomic E-state index is 13.7. The van der Waals surface area contributed by atoms with E-state index in [9.17, 15) is 21.9 Å². The fourth-order valence-corrected chi connectivity index (χ4v) is 7.45. The number of sulfone groups is 1. The molecule has 3 unspecified atom stereocenters. The molecule has 0 radical (unpaired) electrons. The lowest BCUT2D eigenvalue weighted by Gasteiger charge is -2.41. The number of nitrogens with zero attached hydrogens (tertiary/aromatic N) is 2. The summed E-state index contributed by atoms with van der Waals surface area (Å²) in [6.07, 6.45) is 2.72. The summed E-state index contributed by atoms with van der Waals surface area (Å²) >= 11 is 12.2. The first kappa shape index (κ1) is 29.4. The molecule has 12 heteroatoms. The molecule has 39 heavy (non-hydrogen) atoms. The quantitative estimate of drug-likeness (QED) is 0.272. The molecule has 0 aliphatic carbocycles. The predicted octanol–water partition coefficient (Wildman–Crippen LogP) is 4.84. The van der Waals surface area contributed by atoms with Gasteiger partial charge >= 0.3 is 0 Å². The minimum absolute atomic E-state index is 0.0404. The summed E-state index contributed by atoms with van der Waals surface area (Å²) in [5.74, 6) is -0.999. The number of benzene rings is 2. The summed E-state index contributed by atoms with van der Waals surface area (Å²) in [6.45, 7) is 4.97. The number of halogens is 2. The molecule has 1 aromatic heterocycles. The number of hydrogen-bond acceptors (Lipinski definition) is 8. The van der Waals surface area contributed by atoms with Crippen LogP contribution >= 0.6 is 23.2 Å². The lowest BCUT2D eigenvalue weighted by molar-refractivity contribution is -0.0717. The number of pyridine rings is 1. The van der Waals surface area contributed by atoms with Gasteiger partial charge in [-0.2, -0.15) is 8.42 Å². The zero-order valence-electron chi connectivity index (χ0n) is 21.2. The van der Waals surface area contributed by atoms with Crippen molar-refractivity contribution in [3.63, 3.8) is 0 Å². The van der Waals surface area contributed by atoms with Crippen LogP contribution in [0.4, 0.5) is 0 Å². The van der Waals surface area contributed by atoms with E-state index in [0.29, 0.717) is 10.6 Å². The first-order valence-electron chi connectivity index (χ1n) is 11.7. The number of rotatable bonds is 9. The number of allylic oxidation sites excluding steroid dienone is 1. The first-order valence-corrected chi connectivity index (χ1v) is 15.6. The van der Waals surface area contributed by atoms with Crippen LogP contribution in [0.5, 0.6) is 0 Å².